The van der Waals surface area contributed by atoms with E-state index in [1.807, 2.05) is 0 Å². The highest BCUT2D eigenvalue weighted by molar-refractivity contribution is 8.01. The SMILES string of the molecule is Nc1cc(SCC2=C(C(=O)O)N3C(=O)C(NC(=O)C(N=O)=C(O)CCl)[C@@H]3SC2)nn2nnnc12. The molecule has 0 saturated carbocycles. The van der Waals surface area contributed by atoms with Crippen LogP contribution in [0.15, 0.2) is 39.0 Å². The van der Waals surface area contributed by atoms with Crippen molar-refractivity contribution in [2.75, 3.05) is 23.1 Å². The number of carbonyl (C=O) groups is 3. The molecule has 0 spiro atoms. The first-order valence-electron chi connectivity index (χ1n) is 9.26. The Labute approximate surface area is 202 Å². The molecule has 2 aromatic rings. The number of aliphatic carboxylic acids is 1. The number of hydrogen-bond donors (Lipinski definition) is 4. The minimum atomic E-state index is -1.31. The van der Waals surface area contributed by atoms with Gasteiger partial charge in [-0.25, -0.2) is 4.79 Å². The van der Waals surface area contributed by atoms with Gasteiger partial charge in [-0.1, -0.05) is 11.8 Å². The van der Waals surface area contributed by atoms with Crippen molar-refractivity contribution in [1.82, 2.24) is 35.5 Å². The highest BCUT2D eigenvalue weighted by Crippen LogP contribution is 2.41. The predicted octanol–water partition coefficient (Wildman–Crippen LogP) is -0.293. The lowest BCUT2D eigenvalue weighted by Crippen LogP contribution is -2.70. The van der Waals surface area contributed by atoms with Crippen LogP contribution in [0.3, 0.4) is 0 Å². The standard InChI is InChI=1S/C16H14ClN9O6S2/c17-2-7(27)9(22-32)13(28)19-10-14(29)25-11(16(30)31)5(4-34-15(10)25)3-33-8-1-6(18)12-20-23-24-26(12)21-8/h1,10,15,27H,2-4,18H2,(H,19,28)(H,30,31)/t10?,15-/m0/s1. The van der Waals surface area contributed by atoms with Gasteiger partial charge in [-0.2, -0.15) is 0 Å². The predicted molar refractivity (Wildman–Crippen MR) is 120 cm³/mol. The fraction of sp³-hybridized carbons (Fsp3) is 0.312. The number of nitroso groups, excluding NO2 is 1. The number of carboxylic acids is 1. The first-order valence-corrected chi connectivity index (χ1v) is 11.8. The molecule has 1 fully saturated rings. The monoisotopic (exact) mass is 527 g/mol. The Morgan fingerprint density at radius 2 is 2.18 bits per heavy atom. The molecule has 5 N–H and O–H groups in total. The summed E-state index contributed by atoms with van der Waals surface area (Å²) in [6.07, 6.45) is 0. The average molecular weight is 528 g/mol. The zero-order valence-electron chi connectivity index (χ0n) is 16.8. The van der Waals surface area contributed by atoms with Gasteiger partial charge >= 0.3 is 5.97 Å². The second-order valence-corrected chi connectivity index (χ2v) is 9.22. The fourth-order valence-electron chi connectivity index (χ4n) is 3.27. The highest BCUT2D eigenvalue weighted by Gasteiger charge is 2.54. The van der Waals surface area contributed by atoms with E-state index in [1.54, 1.807) is 6.07 Å². The summed E-state index contributed by atoms with van der Waals surface area (Å²) in [6.45, 7) is 0. The van der Waals surface area contributed by atoms with Crippen LogP contribution in [-0.2, 0) is 14.4 Å². The van der Waals surface area contributed by atoms with E-state index in [2.05, 4.69) is 31.1 Å². The molecule has 1 unspecified atom stereocenters. The summed E-state index contributed by atoms with van der Waals surface area (Å²) in [6, 6.07) is 0.448. The average Bonchev–Trinajstić information content (AvgIpc) is 3.30. The van der Waals surface area contributed by atoms with Crippen LogP contribution in [0.25, 0.3) is 5.65 Å². The number of alkyl halides is 1. The van der Waals surface area contributed by atoms with Gasteiger partial charge in [-0.15, -0.1) is 43.1 Å². The van der Waals surface area contributed by atoms with Crippen LogP contribution in [0.5, 0.6) is 0 Å². The number of thioether (sulfide) groups is 2. The number of nitrogens with two attached hydrogens (primary N) is 1. The number of allylic oxidation sites excluding steroid dienone is 1. The number of nitrogens with one attached hydrogen (secondary N) is 1. The molecule has 178 valence electrons. The number of fused-ring (bicyclic) bond motifs is 2. The van der Waals surface area contributed by atoms with E-state index in [0.29, 0.717) is 16.3 Å². The molecule has 2 aromatic heterocycles. The number of β-lactam (4-membered cyclic amide) rings is 1. The Morgan fingerprint density at radius 3 is 2.85 bits per heavy atom. The Balaban J connectivity index is 1.51. The van der Waals surface area contributed by atoms with Gasteiger partial charge in [0.25, 0.3) is 11.8 Å². The number of tetrazole rings is 1. The molecular weight excluding hydrogens is 514 g/mol. The van der Waals surface area contributed by atoms with Crippen molar-refractivity contribution in [2.45, 2.75) is 16.4 Å². The second kappa shape index (κ2) is 9.43. The molecule has 34 heavy (non-hydrogen) atoms. The van der Waals surface area contributed by atoms with E-state index >= 15 is 0 Å². The lowest BCUT2D eigenvalue weighted by atomic mass is 10.0. The van der Waals surface area contributed by atoms with Crippen molar-refractivity contribution in [3.8, 4) is 0 Å². The molecule has 0 aromatic carbocycles. The van der Waals surface area contributed by atoms with Gasteiger partial charge in [0, 0.05) is 11.5 Å². The number of nitrogens with zero attached hydrogens (tertiary/aromatic N) is 7. The van der Waals surface area contributed by atoms with Gasteiger partial charge in [0.1, 0.15) is 27.9 Å². The molecule has 15 nitrogen and oxygen atoms in total. The summed E-state index contributed by atoms with van der Waals surface area (Å²) < 4.78 is 1.15. The van der Waals surface area contributed by atoms with E-state index in [4.69, 9.17) is 17.3 Å². The molecule has 1 saturated heterocycles. The topological polar surface area (TPSA) is 218 Å². The zero-order chi connectivity index (χ0) is 24.6. The molecular formula is C16H14ClN9O6S2. The van der Waals surface area contributed by atoms with Crippen molar-refractivity contribution in [1.29, 1.82) is 0 Å². The molecule has 4 rings (SSSR count). The number of aromatic nitrogens is 5. The minimum Gasteiger partial charge on any atom is -0.508 e. The molecule has 2 atom stereocenters. The van der Waals surface area contributed by atoms with E-state index in [-0.39, 0.29) is 22.8 Å². The van der Waals surface area contributed by atoms with E-state index in [9.17, 15) is 29.5 Å². The van der Waals surface area contributed by atoms with Crippen LogP contribution in [-0.4, -0.2) is 87.0 Å². The number of rotatable bonds is 8. The Morgan fingerprint density at radius 1 is 1.41 bits per heavy atom. The van der Waals surface area contributed by atoms with E-state index in [0.717, 1.165) is 9.53 Å². The maximum Gasteiger partial charge on any atom is 0.352 e. The second-order valence-electron chi connectivity index (χ2n) is 6.86. The zero-order valence-corrected chi connectivity index (χ0v) is 19.2. The highest BCUT2D eigenvalue weighted by atomic mass is 35.5. The van der Waals surface area contributed by atoms with Gasteiger partial charge in [0.05, 0.1) is 11.6 Å². The van der Waals surface area contributed by atoms with Crippen molar-refractivity contribution in [3.63, 3.8) is 0 Å². The Hall–Kier alpha value is -3.44. The number of hydrogen-bond acceptors (Lipinski definition) is 13. The van der Waals surface area contributed by atoms with Gasteiger partial charge in [0.15, 0.2) is 0 Å². The van der Waals surface area contributed by atoms with Crippen molar-refractivity contribution in [2.24, 2.45) is 5.18 Å². The largest absolute Gasteiger partial charge is 0.508 e. The third kappa shape index (κ3) is 4.12. The van der Waals surface area contributed by atoms with Crippen LogP contribution in [0.1, 0.15) is 0 Å². The van der Waals surface area contributed by atoms with Gasteiger partial charge < -0.3 is 21.3 Å². The molecule has 2 aliphatic heterocycles. The summed E-state index contributed by atoms with van der Waals surface area (Å²) >= 11 is 7.83. The third-order valence-electron chi connectivity index (χ3n) is 4.82. The van der Waals surface area contributed by atoms with Gasteiger partial charge in [0.2, 0.25) is 11.3 Å². The fourth-order valence-corrected chi connectivity index (χ4v) is 5.78. The molecule has 0 bridgehead atoms. The van der Waals surface area contributed by atoms with Crippen LogP contribution < -0.4 is 11.1 Å². The number of carbonyl (C=O) groups excluding carboxylic acids is 2. The lowest BCUT2D eigenvalue weighted by molar-refractivity contribution is -0.150. The normalized spacial score (nSPS) is 20.5. The smallest absolute Gasteiger partial charge is 0.352 e. The number of aliphatic hydroxyl groups excluding tert-OH is 1. The van der Waals surface area contributed by atoms with Crippen LogP contribution in [0, 0.1) is 4.91 Å². The third-order valence-corrected chi connectivity index (χ3v) is 7.40. The molecule has 0 aliphatic carbocycles. The van der Waals surface area contributed by atoms with Crippen LogP contribution in [0.2, 0.25) is 0 Å². The van der Waals surface area contributed by atoms with Crippen LogP contribution >= 0.6 is 35.1 Å². The maximum absolute atomic E-state index is 12.7. The number of aliphatic hydroxyl groups is 1. The summed E-state index contributed by atoms with van der Waals surface area (Å²) in [5.41, 5.74) is 5.90. The lowest BCUT2D eigenvalue weighted by Gasteiger charge is -2.49. The molecule has 2 amide bonds. The Kier molecular flexibility index (Phi) is 6.58. The summed E-state index contributed by atoms with van der Waals surface area (Å²) in [4.78, 5) is 48.8. The minimum absolute atomic E-state index is 0.188. The van der Waals surface area contributed by atoms with E-state index < -0.39 is 46.5 Å². The molecule has 0 radical (unpaired) electrons. The molecule has 4 heterocycles. The maximum atomic E-state index is 12.7. The summed E-state index contributed by atoms with van der Waals surface area (Å²) in [5.74, 6) is -3.90. The quantitative estimate of drug-likeness (QED) is 0.0866. The van der Waals surface area contributed by atoms with Crippen molar-refractivity contribution >= 4 is 64.2 Å². The number of halogens is 1. The number of amides is 2. The first-order chi connectivity index (χ1) is 16.3. The number of carboxylic acid groups (broad SMARTS) is 1. The van der Waals surface area contributed by atoms with Gasteiger partial charge in [-0.3, -0.25) is 14.5 Å². The van der Waals surface area contributed by atoms with E-state index in [1.165, 1.54) is 23.5 Å². The summed E-state index contributed by atoms with van der Waals surface area (Å²) in [7, 11) is 0. The summed E-state index contributed by atoms with van der Waals surface area (Å²) in [5, 5.41) is 38.9. The van der Waals surface area contributed by atoms with Gasteiger partial charge in [-0.05, 0) is 27.2 Å². The van der Waals surface area contributed by atoms with Crippen molar-refractivity contribution in [3.05, 3.63) is 33.7 Å². The number of anilines is 1. The molecule has 2 aliphatic rings. The first kappa shape index (κ1) is 23.7. The van der Waals surface area contributed by atoms with Crippen LogP contribution in [0.4, 0.5) is 5.69 Å². The van der Waals surface area contributed by atoms with Crippen molar-refractivity contribution < 1.29 is 24.6 Å². The number of nitrogen functional groups attached to an aromatic ring is 1. The Bertz CT molecular complexity index is 1280. The molecule has 18 heteroatoms.